The third kappa shape index (κ3) is 2.92. The fourth-order valence-electron chi connectivity index (χ4n) is 0.517. The minimum absolute atomic E-state index is 0.272. The molecule has 0 aliphatic carbocycles. The summed E-state index contributed by atoms with van der Waals surface area (Å²) in [7, 11) is 0. The molecule has 0 amide bonds. The van der Waals surface area contributed by atoms with Crippen LogP contribution in [0.1, 0.15) is 0 Å². The Kier molecular flexibility index (Phi) is 3.41. The van der Waals surface area contributed by atoms with Gasteiger partial charge in [0.2, 0.25) is 0 Å². The van der Waals surface area contributed by atoms with Crippen LogP contribution >= 0.6 is 11.8 Å². The summed E-state index contributed by atoms with van der Waals surface area (Å²) < 4.78 is 4.93. The van der Waals surface area contributed by atoms with Crippen molar-refractivity contribution in [1.29, 1.82) is 0 Å². The number of aromatic nitrogens is 1. The van der Waals surface area contributed by atoms with E-state index < -0.39 is 6.10 Å². The first-order valence-electron chi connectivity index (χ1n) is 3.23. The van der Waals surface area contributed by atoms with Crippen LogP contribution in [0.4, 0.5) is 0 Å². The molecule has 0 saturated heterocycles. The van der Waals surface area contributed by atoms with Gasteiger partial charge in [0.15, 0.2) is 0 Å². The monoisotopic (exact) mass is 174 g/mol. The molecule has 1 aromatic heterocycles. The molecule has 1 heterocycles. The van der Waals surface area contributed by atoms with Gasteiger partial charge in [-0.1, -0.05) is 11.8 Å². The topological polar surface area (TPSA) is 72.3 Å². The van der Waals surface area contributed by atoms with Crippen LogP contribution in [0.3, 0.4) is 0 Å². The minimum Gasteiger partial charge on any atom is -0.440 e. The lowest BCUT2D eigenvalue weighted by Crippen LogP contribution is -2.21. The Bertz CT molecular complexity index is 190. The van der Waals surface area contributed by atoms with E-state index in [1.165, 1.54) is 18.0 Å². The second-order valence-electron chi connectivity index (χ2n) is 2.00. The van der Waals surface area contributed by atoms with E-state index in [2.05, 4.69) is 4.98 Å². The van der Waals surface area contributed by atoms with Crippen molar-refractivity contribution in [2.45, 2.75) is 11.3 Å². The van der Waals surface area contributed by atoms with Crippen LogP contribution < -0.4 is 5.73 Å². The van der Waals surface area contributed by atoms with Gasteiger partial charge < -0.3 is 15.3 Å². The molecule has 1 aromatic rings. The fraction of sp³-hybridized carbons (Fsp3) is 0.500. The van der Waals surface area contributed by atoms with Crippen molar-refractivity contribution in [3.63, 3.8) is 0 Å². The van der Waals surface area contributed by atoms with Crippen molar-refractivity contribution in [3.8, 4) is 0 Å². The van der Waals surface area contributed by atoms with Crippen molar-refractivity contribution >= 4 is 11.8 Å². The van der Waals surface area contributed by atoms with Gasteiger partial charge in [-0.25, -0.2) is 4.98 Å². The largest absolute Gasteiger partial charge is 0.440 e. The molecule has 0 spiro atoms. The molecule has 1 rings (SSSR count). The maximum Gasteiger partial charge on any atom is 0.255 e. The third-order valence-corrected chi connectivity index (χ3v) is 2.08. The Morgan fingerprint density at radius 1 is 1.82 bits per heavy atom. The summed E-state index contributed by atoms with van der Waals surface area (Å²) in [4.78, 5) is 3.87. The summed E-state index contributed by atoms with van der Waals surface area (Å²) in [6.45, 7) is 0.272. The lowest BCUT2D eigenvalue weighted by molar-refractivity contribution is 0.207. The molecule has 0 unspecified atom stereocenters. The first-order chi connectivity index (χ1) is 5.33. The van der Waals surface area contributed by atoms with Crippen LogP contribution in [0.2, 0.25) is 0 Å². The number of hydrogen-bond donors (Lipinski definition) is 2. The highest BCUT2D eigenvalue weighted by atomic mass is 32.2. The van der Waals surface area contributed by atoms with Crippen LogP contribution in [0.15, 0.2) is 22.1 Å². The summed E-state index contributed by atoms with van der Waals surface area (Å²) in [6.07, 6.45) is 2.58. The number of aliphatic hydroxyl groups is 1. The second kappa shape index (κ2) is 4.38. The lowest BCUT2D eigenvalue weighted by Gasteiger charge is -2.03. The SMILES string of the molecule is NC[C@@H](O)CSc1ncco1. The van der Waals surface area contributed by atoms with Gasteiger partial charge in [0.1, 0.15) is 6.26 Å². The van der Waals surface area contributed by atoms with Gasteiger partial charge in [0.05, 0.1) is 12.3 Å². The number of oxazole rings is 1. The molecule has 0 radical (unpaired) electrons. The Morgan fingerprint density at radius 2 is 2.64 bits per heavy atom. The van der Waals surface area contributed by atoms with E-state index >= 15 is 0 Å². The van der Waals surface area contributed by atoms with Crippen molar-refractivity contribution in [1.82, 2.24) is 4.98 Å². The lowest BCUT2D eigenvalue weighted by atomic mass is 10.4. The molecule has 62 valence electrons. The Balaban J connectivity index is 2.23. The van der Waals surface area contributed by atoms with Crippen molar-refractivity contribution in [2.24, 2.45) is 5.73 Å². The Hall–Kier alpha value is -0.520. The number of nitrogens with zero attached hydrogens (tertiary/aromatic N) is 1. The van der Waals surface area contributed by atoms with Crippen LogP contribution in [-0.2, 0) is 0 Å². The maximum atomic E-state index is 9.04. The van der Waals surface area contributed by atoms with E-state index in [-0.39, 0.29) is 6.54 Å². The predicted molar refractivity (Wildman–Crippen MR) is 42.3 cm³/mol. The van der Waals surface area contributed by atoms with Gasteiger partial charge in [-0.2, -0.15) is 0 Å². The normalized spacial score (nSPS) is 13.3. The van der Waals surface area contributed by atoms with E-state index in [0.717, 1.165) is 0 Å². The van der Waals surface area contributed by atoms with E-state index in [9.17, 15) is 0 Å². The van der Waals surface area contributed by atoms with Crippen molar-refractivity contribution in [3.05, 3.63) is 12.5 Å². The number of thioether (sulfide) groups is 1. The van der Waals surface area contributed by atoms with Crippen LogP contribution in [0, 0.1) is 0 Å². The molecule has 11 heavy (non-hydrogen) atoms. The molecule has 0 aliphatic rings. The van der Waals surface area contributed by atoms with Gasteiger partial charge >= 0.3 is 0 Å². The second-order valence-corrected chi connectivity index (χ2v) is 2.97. The highest BCUT2D eigenvalue weighted by Crippen LogP contribution is 2.14. The zero-order valence-electron chi connectivity index (χ0n) is 5.93. The summed E-state index contributed by atoms with van der Waals surface area (Å²) >= 11 is 1.35. The third-order valence-electron chi connectivity index (χ3n) is 1.08. The average Bonchev–Trinajstić information content (AvgIpc) is 2.52. The molecule has 4 nitrogen and oxygen atoms in total. The molecule has 0 bridgehead atoms. The number of hydrogen-bond acceptors (Lipinski definition) is 5. The first-order valence-corrected chi connectivity index (χ1v) is 4.22. The summed E-state index contributed by atoms with van der Waals surface area (Å²) in [5.74, 6) is 0.525. The highest BCUT2D eigenvalue weighted by molar-refractivity contribution is 7.99. The van der Waals surface area contributed by atoms with Gasteiger partial charge in [0.25, 0.3) is 5.22 Å². The van der Waals surface area contributed by atoms with E-state index in [1.807, 2.05) is 0 Å². The molecule has 0 saturated carbocycles. The van der Waals surface area contributed by atoms with Crippen molar-refractivity contribution < 1.29 is 9.52 Å². The molecule has 0 aliphatic heterocycles. The Labute approximate surface area is 68.8 Å². The predicted octanol–water partition coefficient (Wildman–Crippen LogP) is 0.0863. The van der Waals surface area contributed by atoms with Crippen LogP contribution in [0.25, 0.3) is 0 Å². The number of nitrogens with two attached hydrogens (primary N) is 1. The van der Waals surface area contributed by atoms with Crippen LogP contribution in [0.5, 0.6) is 0 Å². The summed E-state index contributed by atoms with van der Waals surface area (Å²) in [5, 5.41) is 9.61. The Morgan fingerprint density at radius 3 is 3.18 bits per heavy atom. The van der Waals surface area contributed by atoms with E-state index in [1.54, 1.807) is 6.20 Å². The highest BCUT2D eigenvalue weighted by Gasteiger charge is 2.04. The van der Waals surface area contributed by atoms with Gasteiger partial charge in [-0.15, -0.1) is 0 Å². The molecular formula is C6H10N2O2S. The minimum atomic E-state index is -0.480. The molecule has 1 atom stereocenters. The zero-order chi connectivity index (χ0) is 8.10. The smallest absolute Gasteiger partial charge is 0.255 e. The summed E-state index contributed by atoms with van der Waals surface area (Å²) in [5.41, 5.74) is 5.20. The van der Waals surface area contributed by atoms with Gasteiger partial charge in [-0.05, 0) is 0 Å². The van der Waals surface area contributed by atoms with Crippen LogP contribution in [-0.4, -0.2) is 28.5 Å². The maximum absolute atomic E-state index is 9.04. The zero-order valence-corrected chi connectivity index (χ0v) is 6.75. The number of rotatable bonds is 4. The molecule has 0 aromatic carbocycles. The molecule has 0 fully saturated rings. The van der Waals surface area contributed by atoms with E-state index in [4.69, 9.17) is 15.3 Å². The van der Waals surface area contributed by atoms with Gasteiger partial charge in [-0.3, -0.25) is 0 Å². The van der Waals surface area contributed by atoms with Gasteiger partial charge in [0, 0.05) is 12.3 Å². The average molecular weight is 174 g/mol. The number of aliphatic hydroxyl groups excluding tert-OH is 1. The van der Waals surface area contributed by atoms with Crippen molar-refractivity contribution in [2.75, 3.05) is 12.3 Å². The van der Waals surface area contributed by atoms with E-state index in [0.29, 0.717) is 11.0 Å². The molecule has 5 heteroatoms. The fourth-order valence-corrected chi connectivity index (χ4v) is 1.25. The quantitative estimate of drug-likeness (QED) is 0.633. The summed E-state index contributed by atoms with van der Waals surface area (Å²) in [6, 6.07) is 0. The molecule has 3 N–H and O–H groups in total. The molecular weight excluding hydrogens is 164 g/mol. The first kappa shape index (κ1) is 8.58. The standard InChI is InChI=1S/C6H10N2O2S/c7-3-5(9)4-11-6-8-1-2-10-6/h1-2,5,9H,3-4,7H2/t5-/m1/s1.